The number of pyridine rings is 1. The second-order valence-corrected chi connectivity index (χ2v) is 4.52. The van der Waals surface area contributed by atoms with E-state index in [0.29, 0.717) is 0 Å². The van der Waals surface area contributed by atoms with E-state index in [0.717, 1.165) is 42.2 Å². The standard InChI is InChI=1S/C15H20N4/c1-4-6-13-14(12-8-7-11(3)17-9-12)18-10-19-15(13)16-5-2/h7-10H,4-6H2,1-3H3,(H,16,18,19). The van der Waals surface area contributed by atoms with Crippen LogP contribution in [0.15, 0.2) is 24.7 Å². The number of nitrogens with one attached hydrogen (secondary N) is 1. The molecule has 2 aromatic heterocycles. The lowest BCUT2D eigenvalue weighted by atomic mass is 10.0. The summed E-state index contributed by atoms with van der Waals surface area (Å²) >= 11 is 0. The van der Waals surface area contributed by atoms with Crippen LogP contribution in [-0.2, 0) is 6.42 Å². The number of anilines is 1. The number of nitrogens with zero attached hydrogens (tertiary/aromatic N) is 3. The Morgan fingerprint density at radius 2 is 1.95 bits per heavy atom. The zero-order valence-corrected chi connectivity index (χ0v) is 11.8. The molecule has 2 aromatic rings. The molecule has 4 heteroatoms. The highest BCUT2D eigenvalue weighted by atomic mass is 15.0. The predicted octanol–water partition coefficient (Wildman–Crippen LogP) is 3.23. The monoisotopic (exact) mass is 256 g/mol. The predicted molar refractivity (Wildman–Crippen MR) is 78.2 cm³/mol. The summed E-state index contributed by atoms with van der Waals surface area (Å²) in [4.78, 5) is 13.1. The van der Waals surface area contributed by atoms with Crippen molar-refractivity contribution in [2.45, 2.75) is 33.6 Å². The van der Waals surface area contributed by atoms with Crippen molar-refractivity contribution in [1.29, 1.82) is 0 Å². The fraction of sp³-hybridized carbons (Fsp3) is 0.400. The number of hydrogen-bond acceptors (Lipinski definition) is 4. The maximum absolute atomic E-state index is 4.45. The Labute approximate surface area is 114 Å². The molecule has 2 heterocycles. The van der Waals surface area contributed by atoms with Crippen molar-refractivity contribution < 1.29 is 0 Å². The lowest BCUT2D eigenvalue weighted by Crippen LogP contribution is -2.06. The van der Waals surface area contributed by atoms with Crippen molar-refractivity contribution in [3.05, 3.63) is 35.9 Å². The molecule has 100 valence electrons. The van der Waals surface area contributed by atoms with Crippen LogP contribution in [0.1, 0.15) is 31.5 Å². The number of aromatic nitrogens is 3. The van der Waals surface area contributed by atoms with E-state index in [9.17, 15) is 0 Å². The summed E-state index contributed by atoms with van der Waals surface area (Å²) in [5, 5.41) is 3.31. The Hall–Kier alpha value is -1.97. The van der Waals surface area contributed by atoms with Crippen molar-refractivity contribution >= 4 is 5.82 Å². The second-order valence-electron chi connectivity index (χ2n) is 4.52. The van der Waals surface area contributed by atoms with Gasteiger partial charge in [0.2, 0.25) is 0 Å². The highest BCUT2D eigenvalue weighted by molar-refractivity contribution is 5.67. The van der Waals surface area contributed by atoms with E-state index in [-0.39, 0.29) is 0 Å². The first-order chi connectivity index (χ1) is 9.26. The minimum atomic E-state index is 0.860. The molecule has 0 aliphatic carbocycles. The van der Waals surface area contributed by atoms with E-state index in [1.807, 2.05) is 19.2 Å². The van der Waals surface area contributed by atoms with Gasteiger partial charge >= 0.3 is 0 Å². The molecule has 0 bridgehead atoms. The molecule has 0 aliphatic heterocycles. The second kappa shape index (κ2) is 6.27. The zero-order valence-electron chi connectivity index (χ0n) is 11.8. The van der Waals surface area contributed by atoms with Crippen LogP contribution in [0.25, 0.3) is 11.3 Å². The van der Waals surface area contributed by atoms with Gasteiger partial charge < -0.3 is 5.32 Å². The van der Waals surface area contributed by atoms with Crippen molar-refractivity contribution in [3.8, 4) is 11.3 Å². The fourth-order valence-corrected chi connectivity index (χ4v) is 2.08. The molecule has 0 fully saturated rings. The Bertz CT molecular complexity index is 534. The highest BCUT2D eigenvalue weighted by Gasteiger charge is 2.12. The van der Waals surface area contributed by atoms with Gasteiger partial charge in [0.1, 0.15) is 12.1 Å². The van der Waals surface area contributed by atoms with Gasteiger partial charge in [-0.1, -0.05) is 13.3 Å². The van der Waals surface area contributed by atoms with Crippen LogP contribution in [0.2, 0.25) is 0 Å². The highest BCUT2D eigenvalue weighted by Crippen LogP contribution is 2.26. The smallest absolute Gasteiger partial charge is 0.133 e. The summed E-state index contributed by atoms with van der Waals surface area (Å²) in [7, 11) is 0. The number of aryl methyl sites for hydroxylation is 1. The van der Waals surface area contributed by atoms with E-state index >= 15 is 0 Å². The Balaban J connectivity index is 2.48. The van der Waals surface area contributed by atoms with Crippen molar-refractivity contribution in [2.24, 2.45) is 0 Å². The first-order valence-electron chi connectivity index (χ1n) is 6.77. The summed E-state index contributed by atoms with van der Waals surface area (Å²) in [6.07, 6.45) is 5.53. The van der Waals surface area contributed by atoms with E-state index in [4.69, 9.17) is 0 Å². The van der Waals surface area contributed by atoms with Crippen LogP contribution >= 0.6 is 0 Å². The average molecular weight is 256 g/mol. The van der Waals surface area contributed by atoms with E-state index in [1.54, 1.807) is 6.33 Å². The molecule has 4 nitrogen and oxygen atoms in total. The molecule has 2 rings (SSSR count). The van der Waals surface area contributed by atoms with E-state index in [2.05, 4.69) is 40.2 Å². The molecule has 0 amide bonds. The molecular weight excluding hydrogens is 236 g/mol. The molecule has 0 radical (unpaired) electrons. The van der Waals surface area contributed by atoms with Gasteiger partial charge in [-0.05, 0) is 32.4 Å². The quantitative estimate of drug-likeness (QED) is 0.892. The normalized spacial score (nSPS) is 10.5. The zero-order chi connectivity index (χ0) is 13.7. The molecule has 19 heavy (non-hydrogen) atoms. The molecule has 0 spiro atoms. The lowest BCUT2D eigenvalue weighted by molar-refractivity contribution is 0.902. The Morgan fingerprint density at radius 3 is 2.58 bits per heavy atom. The van der Waals surface area contributed by atoms with Crippen LogP contribution in [0.5, 0.6) is 0 Å². The third-order valence-corrected chi connectivity index (χ3v) is 2.97. The first kappa shape index (κ1) is 13.5. The molecule has 0 saturated carbocycles. The summed E-state index contributed by atoms with van der Waals surface area (Å²) in [5.74, 6) is 0.940. The van der Waals surface area contributed by atoms with Crippen LogP contribution < -0.4 is 5.32 Å². The summed E-state index contributed by atoms with van der Waals surface area (Å²) in [5.41, 5.74) is 4.23. The summed E-state index contributed by atoms with van der Waals surface area (Å²) in [6.45, 7) is 7.09. The minimum absolute atomic E-state index is 0.860. The lowest BCUT2D eigenvalue weighted by Gasteiger charge is -2.13. The largest absolute Gasteiger partial charge is 0.370 e. The van der Waals surface area contributed by atoms with Gasteiger partial charge in [0, 0.05) is 29.6 Å². The molecule has 0 aromatic carbocycles. The molecule has 0 aliphatic rings. The van der Waals surface area contributed by atoms with Crippen LogP contribution in [0.3, 0.4) is 0 Å². The summed E-state index contributed by atoms with van der Waals surface area (Å²) in [6, 6.07) is 4.08. The van der Waals surface area contributed by atoms with E-state index in [1.165, 1.54) is 5.56 Å². The number of hydrogen-bond donors (Lipinski definition) is 1. The first-order valence-corrected chi connectivity index (χ1v) is 6.77. The molecule has 0 saturated heterocycles. The Morgan fingerprint density at radius 1 is 1.11 bits per heavy atom. The maximum atomic E-state index is 4.45. The SMILES string of the molecule is CCCc1c(NCC)ncnc1-c1ccc(C)nc1. The minimum Gasteiger partial charge on any atom is -0.370 e. The molecular formula is C15H20N4. The van der Waals surface area contributed by atoms with E-state index < -0.39 is 0 Å². The van der Waals surface area contributed by atoms with Crippen molar-refractivity contribution in [1.82, 2.24) is 15.0 Å². The van der Waals surface area contributed by atoms with Crippen molar-refractivity contribution in [3.63, 3.8) is 0 Å². The molecule has 0 unspecified atom stereocenters. The molecule has 1 N–H and O–H groups in total. The van der Waals surface area contributed by atoms with Gasteiger partial charge in [-0.2, -0.15) is 0 Å². The van der Waals surface area contributed by atoms with Gasteiger partial charge in [0.15, 0.2) is 0 Å². The third-order valence-electron chi connectivity index (χ3n) is 2.97. The maximum Gasteiger partial charge on any atom is 0.133 e. The van der Waals surface area contributed by atoms with Gasteiger partial charge in [-0.25, -0.2) is 9.97 Å². The number of rotatable bonds is 5. The Kier molecular flexibility index (Phi) is 4.44. The topological polar surface area (TPSA) is 50.7 Å². The fourth-order valence-electron chi connectivity index (χ4n) is 2.08. The molecule has 0 atom stereocenters. The summed E-state index contributed by atoms with van der Waals surface area (Å²) < 4.78 is 0. The van der Waals surface area contributed by atoms with Crippen LogP contribution in [0.4, 0.5) is 5.82 Å². The third kappa shape index (κ3) is 3.08. The van der Waals surface area contributed by atoms with Crippen molar-refractivity contribution in [2.75, 3.05) is 11.9 Å². The van der Waals surface area contributed by atoms with Crippen LogP contribution in [-0.4, -0.2) is 21.5 Å². The van der Waals surface area contributed by atoms with Gasteiger partial charge in [0.05, 0.1) is 5.69 Å². The van der Waals surface area contributed by atoms with Gasteiger partial charge in [0.25, 0.3) is 0 Å². The van der Waals surface area contributed by atoms with Gasteiger partial charge in [-0.3, -0.25) is 4.98 Å². The van der Waals surface area contributed by atoms with Crippen LogP contribution in [0, 0.1) is 6.92 Å². The van der Waals surface area contributed by atoms with Gasteiger partial charge in [-0.15, -0.1) is 0 Å². The average Bonchev–Trinajstić information content (AvgIpc) is 2.42.